The van der Waals surface area contributed by atoms with Gasteiger partial charge in [-0.2, -0.15) is 13.5 Å². The number of methoxy groups -OCH3 is 1. The van der Waals surface area contributed by atoms with Crippen LogP contribution in [-0.4, -0.2) is 58.9 Å². The number of morpholine rings is 1. The molecule has 0 saturated carbocycles. The van der Waals surface area contributed by atoms with Crippen molar-refractivity contribution in [2.24, 2.45) is 5.10 Å². The summed E-state index contributed by atoms with van der Waals surface area (Å²) in [4.78, 5) is 18.7. The molecule has 10 nitrogen and oxygen atoms in total. The van der Waals surface area contributed by atoms with E-state index in [1.807, 2.05) is 4.90 Å². The molecule has 1 fully saturated rings. The molecule has 1 amide bonds. The lowest BCUT2D eigenvalue weighted by Gasteiger charge is -2.28. The Morgan fingerprint density at radius 1 is 1.08 bits per heavy atom. The first-order valence-electron chi connectivity index (χ1n) is 11.2. The first-order valence-corrected chi connectivity index (χ1v) is 12.6. The van der Waals surface area contributed by atoms with Gasteiger partial charge in [-0.25, -0.2) is 10.4 Å². The number of hydrazone groups is 1. The Morgan fingerprint density at radius 2 is 1.83 bits per heavy atom. The average Bonchev–Trinajstić information content (AvgIpc) is 2.89. The first-order chi connectivity index (χ1) is 17.4. The minimum atomic E-state index is -4.22. The molecule has 188 valence electrons. The lowest BCUT2D eigenvalue weighted by atomic mass is 10.1. The number of carbonyl (C=O) groups is 1. The Balaban J connectivity index is 1.56. The zero-order chi connectivity index (χ0) is 25.4. The van der Waals surface area contributed by atoms with Crippen molar-refractivity contribution in [1.29, 1.82) is 0 Å². The molecule has 0 spiro atoms. The Kier molecular flexibility index (Phi) is 8.13. The molecule has 0 unspecified atom stereocenters. The monoisotopic (exact) mass is 510 g/mol. The van der Waals surface area contributed by atoms with Gasteiger partial charge in [-0.15, -0.1) is 0 Å². The third-order valence-electron chi connectivity index (χ3n) is 5.30. The smallest absolute Gasteiger partial charge is 0.341 e. The quantitative estimate of drug-likeness (QED) is 0.265. The Morgan fingerprint density at radius 3 is 2.58 bits per heavy atom. The number of carbonyl (C=O) groups excluding carboxylic acids is 1. The highest BCUT2D eigenvalue weighted by molar-refractivity contribution is 7.87. The summed E-state index contributed by atoms with van der Waals surface area (Å²) in [6.07, 6.45) is 1.27. The lowest BCUT2D eigenvalue weighted by Crippen LogP contribution is -2.37. The number of pyridine rings is 1. The second-order valence-corrected chi connectivity index (χ2v) is 9.34. The van der Waals surface area contributed by atoms with E-state index in [9.17, 15) is 13.2 Å². The molecule has 4 rings (SSSR count). The van der Waals surface area contributed by atoms with Gasteiger partial charge in [0, 0.05) is 13.1 Å². The van der Waals surface area contributed by atoms with Gasteiger partial charge in [-0.3, -0.25) is 4.79 Å². The van der Waals surface area contributed by atoms with Gasteiger partial charge in [0.2, 0.25) is 5.91 Å². The minimum Gasteiger partial charge on any atom is -0.497 e. The van der Waals surface area contributed by atoms with Crippen molar-refractivity contribution in [2.75, 3.05) is 38.3 Å². The molecule has 1 aliphatic rings. The first kappa shape index (κ1) is 25.1. The van der Waals surface area contributed by atoms with Gasteiger partial charge < -0.3 is 18.6 Å². The van der Waals surface area contributed by atoms with Gasteiger partial charge in [-0.1, -0.05) is 30.3 Å². The van der Waals surface area contributed by atoms with Crippen LogP contribution < -0.4 is 19.2 Å². The van der Waals surface area contributed by atoms with E-state index in [0.29, 0.717) is 37.9 Å². The van der Waals surface area contributed by atoms with E-state index < -0.39 is 10.1 Å². The van der Waals surface area contributed by atoms with Crippen LogP contribution in [0.5, 0.6) is 11.5 Å². The zero-order valence-electron chi connectivity index (χ0n) is 19.7. The van der Waals surface area contributed by atoms with E-state index in [1.54, 1.807) is 67.8 Å². The van der Waals surface area contributed by atoms with Crippen molar-refractivity contribution in [2.45, 2.75) is 11.3 Å². The summed E-state index contributed by atoms with van der Waals surface area (Å²) in [5.74, 6) is 1.00. The highest BCUT2D eigenvalue weighted by atomic mass is 32.2. The number of rotatable bonds is 9. The topological polar surface area (TPSA) is 119 Å². The Hall–Kier alpha value is -3.96. The van der Waals surface area contributed by atoms with Crippen molar-refractivity contribution in [3.8, 4) is 11.5 Å². The largest absolute Gasteiger partial charge is 0.497 e. The van der Waals surface area contributed by atoms with Crippen molar-refractivity contribution in [1.82, 2.24) is 10.4 Å². The van der Waals surface area contributed by atoms with E-state index in [-0.39, 0.29) is 28.7 Å². The number of nitrogens with zero attached hydrogens (tertiary/aromatic N) is 3. The molecule has 1 aromatic heterocycles. The second-order valence-electron chi connectivity index (χ2n) is 7.82. The van der Waals surface area contributed by atoms with Crippen molar-refractivity contribution >= 4 is 28.1 Å². The molecule has 1 N–H and O–H groups in total. The molecule has 0 atom stereocenters. The standard InChI is InChI=1S/C25H26N4O6S/c1-33-21-9-5-6-19(16-21)17-25(30)28-26-18-22-23(36(31,32)35-20-7-3-2-4-8-20)10-11-24(27-22)29-12-14-34-15-13-29/h2-11,16,18H,12-15,17H2,1H3,(H,28,30)/b26-18+. The maximum Gasteiger partial charge on any atom is 0.341 e. The third-order valence-corrected chi connectivity index (χ3v) is 6.60. The fourth-order valence-corrected chi connectivity index (χ4v) is 4.59. The maximum absolute atomic E-state index is 13.1. The number of ether oxygens (including phenoxy) is 2. The molecule has 1 saturated heterocycles. The van der Waals surface area contributed by atoms with Crippen LogP contribution in [0.1, 0.15) is 11.3 Å². The van der Waals surface area contributed by atoms with Gasteiger partial charge >= 0.3 is 10.1 Å². The average molecular weight is 511 g/mol. The molecule has 3 aromatic rings. The van der Waals surface area contributed by atoms with Crippen molar-refractivity contribution in [3.63, 3.8) is 0 Å². The number of hydrogen-bond donors (Lipinski definition) is 1. The van der Waals surface area contributed by atoms with Crippen molar-refractivity contribution < 1.29 is 26.9 Å². The zero-order valence-corrected chi connectivity index (χ0v) is 20.5. The van der Waals surface area contributed by atoms with Crippen LogP contribution in [0, 0.1) is 0 Å². The van der Waals surface area contributed by atoms with Gasteiger partial charge in [-0.05, 0) is 42.0 Å². The van der Waals surface area contributed by atoms with Gasteiger partial charge in [0.15, 0.2) is 0 Å². The number of nitrogens with one attached hydrogen (secondary N) is 1. The third kappa shape index (κ3) is 6.58. The summed E-state index contributed by atoms with van der Waals surface area (Å²) in [5.41, 5.74) is 3.21. The summed E-state index contributed by atoms with van der Waals surface area (Å²) in [7, 11) is -2.67. The molecule has 11 heteroatoms. The fraction of sp³-hybridized carbons (Fsp3) is 0.240. The number of amides is 1. The molecule has 0 radical (unpaired) electrons. The predicted octanol–water partition coefficient (Wildman–Crippen LogP) is 2.39. The van der Waals surface area contributed by atoms with Crippen LogP contribution in [-0.2, 0) is 26.1 Å². The van der Waals surface area contributed by atoms with E-state index in [1.165, 1.54) is 12.3 Å². The van der Waals surface area contributed by atoms with Gasteiger partial charge in [0.1, 0.15) is 27.9 Å². The van der Waals surface area contributed by atoms with Crippen LogP contribution in [0.25, 0.3) is 0 Å². The van der Waals surface area contributed by atoms with E-state index in [2.05, 4.69) is 15.5 Å². The molecule has 36 heavy (non-hydrogen) atoms. The summed E-state index contributed by atoms with van der Waals surface area (Å²) in [5, 5.41) is 3.97. The highest BCUT2D eigenvalue weighted by Gasteiger charge is 2.23. The second kappa shape index (κ2) is 11.6. The number of benzene rings is 2. The summed E-state index contributed by atoms with van der Waals surface area (Å²) in [6.45, 7) is 2.33. The Bertz CT molecular complexity index is 1330. The highest BCUT2D eigenvalue weighted by Crippen LogP contribution is 2.23. The van der Waals surface area contributed by atoms with Crippen LogP contribution in [0.15, 0.2) is 76.7 Å². The van der Waals surface area contributed by atoms with E-state index in [0.717, 1.165) is 5.56 Å². The summed E-state index contributed by atoms with van der Waals surface area (Å²) in [6, 6.07) is 18.3. The van der Waals surface area contributed by atoms with E-state index >= 15 is 0 Å². The maximum atomic E-state index is 13.1. The molecule has 1 aliphatic heterocycles. The number of aromatic nitrogens is 1. The predicted molar refractivity (Wildman–Crippen MR) is 134 cm³/mol. The summed E-state index contributed by atoms with van der Waals surface area (Å²) < 4.78 is 41.9. The fourth-order valence-electron chi connectivity index (χ4n) is 3.54. The Labute approximate surface area is 209 Å². The molecule has 0 aliphatic carbocycles. The SMILES string of the molecule is COc1cccc(CC(=O)N/N=C/c2nc(N3CCOCC3)ccc2S(=O)(=O)Oc2ccccc2)c1. The minimum absolute atomic E-state index is 0.0385. The van der Waals surface area contributed by atoms with E-state index in [4.69, 9.17) is 13.7 Å². The molecule has 2 heterocycles. The van der Waals surface area contributed by atoms with Gasteiger partial charge in [0.25, 0.3) is 0 Å². The lowest BCUT2D eigenvalue weighted by molar-refractivity contribution is -0.120. The summed E-state index contributed by atoms with van der Waals surface area (Å²) >= 11 is 0. The number of hydrogen-bond acceptors (Lipinski definition) is 9. The van der Waals surface area contributed by atoms with Crippen molar-refractivity contribution in [3.05, 3.63) is 78.0 Å². The van der Waals surface area contributed by atoms with Crippen LogP contribution in [0.2, 0.25) is 0 Å². The molecular formula is C25H26N4O6S. The molecule has 0 bridgehead atoms. The number of anilines is 1. The molecule has 2 aromatic carbocycles. The van der Waals surface area contributed by atoms with Crippen LogP contribution in [0.4, 0.5) is 5.82 Å². The van der Waals surface area contributed by atoms with Gasteiger partial charge in [0.05, 0.1) is 33.0 Å². The molecular weight excluding hydrogens is 484 g/mol. The van der Waals surface area contributed by atoms with Crippen LogP contribution >= 0.6 is 0 Å². The normalized spacial score (nSPS) is 14.0. The van der Waals surface area contributed by atoms with Crippen LogP contribution in [0.3, 0.4) is 0 Å². The number of para-hydroxylation sites is 1.